The molecule has 1 aliphatic rings. The number of hydrogen-bond donors (Lipinski definition) is 2. The maximum absolute atomic E-state index is 12.4. The first-order valence-corrected chi connectivity index (χ1v) is 8.83. The number of carbonyl (C=O) groups is 1. The molecule has 1 fully saturated rings. The highest BCUT2D eigenvalue weighted by Crippen LogP contribution is 2.19. The minimum Gasteiger partial charge on any atom is -0.489 e. The van der Waals surface area contributed by atoms with Gasteiger partial charge in [0.15, 0.2) is 0 Å². The van der Waals surface area contributed by atoms with Gasteiger partial charge >= 0.3 is 0 Å². The minimum absolute atomic E-state index is 0.0899. The van der Waals surface area contributed by atoms with Gasteiger partial charge in [-0.2, -0.15) is 12.7 Å². The zero-order valence-corrected chi connectivity index (χ0v) is 13.6. The molecular formula is C15H21N3O4S. The predicted octanol–water partition coefficient (Wildman–Crippen LogP) is 0.649. The van der Waals surface area contributed by atoms with Crippen molar-refractivity contribution < 1.29 is 17.9 Å². The topological polar surface area (TPSA) is 102 Å². The van der Waals surface area contributed by atoms with Gasteiger partial charge in [0.2, 0.25) is 0 Å². The predicted molar refractivity (Wildman–Crippen MR) is 87.3 cm³/mol. The van der Waals surface area contributed by atoms with E-state index in [4.69, 9.17) is 9.88 Å². The Balaban J connectivity index is 1.97. The van der Waals surface area contributed by atoms with E-state index in [2.05, 4.69) is 11.9 Å². The van der Waals surface area contributed by atoms with Gasteiger partial charge in [0.1, 0.15) is 12.4 Å². The van der Waals surface area contributed by atoms with E-state index in [9.17, 15) is 13.2 Å². The van der Waals surface area contributed by atoms with Crippen LogP contribution in [0.2, 0.25) is 0 Å². The van der Waals surface area contributed by atoms with Crippen LogP contribution in [0, 0.1) is 0 Å². The number of nitrogens with two attached hydrogens (primary N) is 1. The Bertz CT molecular complexity index is 667. The summed E-state index contributed by atoms with van der Waals surface area (Å²) in [6.45, 7) is 4.51. The van der Waals surface area contributed by atoms with Gasteiger partial charge in [0, 0.05) is 19.1 Å². The van der Waals surface area contributed by atoms with E-state index >= 15 is 0 Å². The standard InChI is InChI=1S/C15H21N3O4S/c1-2-11-22-14-6-4-3-5-13(14)15(19)17-12-7-9-18(10-8-12)23(16,20)21/h2-6,12H,1,7-11H2,(H,17,19)(H2,16,20,21). The highest BCUT2D eigenvalue weighted by molar-refractivity contribution is 7.86. The minimum atomic E-state index is -3.66. The summed E-state index contributed by atoms with van der Waals surface area (Å²) < 4.78 is 29.2. The molecule has 0 aliphatic carbocycles. The van der Waals surface area contributed by atoms with E-state index in [-0.39, 0.29) is 11.9 Å². The Labute approximate surface area is 136 Å². The lowest BCUT2D eigenvalue weighted by molar-refractivity contribution is 0.0920. The Morgan fingerprint density at radius 1 is 1.39 bits per heavy atom. The van der Waals surface area contributed by atoms with Gasteiger partial charge in [0.05, 0.1) is 5.56 Å². The Morgan fingerprint density at radius 2 is 2.04 bits per heavy atom. The third kappa shape index (κ3) is 4.78. The van der Waals surface area contributed by atoms with Gasteiger partial charge in [-0.25, -0.2) is 5.14 Å². The molecule has 0 saturated carbocycles. The maximum Gasteiger partial charge on any atom is 0.276 e. The molecule has 0 spiro atoms. The van der Waals surface area contributed by atoms with Crippen molar-refractivity contribution in [3.8, 4) is 5.75 Å². The van der Waals surface area contributed by atoms with E-state index in [0.29, 0.717) is 43.9 Å². The summed E-state index contributed by atoms with van der Waals surface area (Å²) in [6, 6.07) is 6.88. The number of ether oxygens (including phenoxy) is 1. The van der Waals surface area contributed by atoms with Crippen molar-refractivity contribution >= 4 is 16.1 Å². The van der Waals surface area contributed by atoms with Crippen LogP contribution in [0.25, 0.3) is 0 Å². The Morgan fingerprint density at radius 3 is 2.65 bits per heavy atom. The second-order valence-corrected chi connectivity index (χ2v) is 6.83. The van der Waals surface area contributed by atoms with Crippen LogP contribution in [0.15, 0.2) is 36.9 Å². The van der Waals surface area contributed by atoms with E-state index in [1.807, 2.05) is 0 Å². The van der Waals surface area contributed by atoms with Gasteiger partial charge in [-0.3, -0.25) is 4.79 Å². The molecule has 1 aliphatic heterocycles. The maximum atomic E-state index is 12.4. The summed E-state index contributed by atoms with van der Waals surface area (Å²) in [5.74, 6) is 0.255. The van der Waals surface area contributed by atoms with Crippen LogP contribution in [-0.2, 0) is 10.2 Å². The largest absolute Gasteiger partial charge is 0.489 e. The fourth-order valence-electron chi connectivity index (χ4n) is 2.45. The second-order valence-electron chi connectivity index (χ2n) is 5.29. The fourth-order valence-corrected chi connectivity index (χ4v) is 3.17. The van der Waals surface area contributed by atoms with Crippen LogP contribution in [0.3, 0.4) is 0 Å². The quantitative estimate of drug-likeness (QED) is 0.743. The number of benzene rings is 1. The molecule has 23 heavy (non-hydrogen) atoms. The van der Waals surface area contributed by atoms with E-state index in [0.717, 1.165) is 0 Å². The van der Waals surface area contributed by atoms with E-state index in [1.54, 1.807) is 30.3 Å². The van der Waals surface area contributed by atoms with Crippen molar-refractivity contribution in [2.45, 2.75) is 18.9 Å². The van der Waals surface area contributed by atoms with Crippen molar-refractivity contribution in [3.63, 3.8) is 0 Å². The zero-order valence-electron chi connectivity index (χ0n) is 12.8. The summed E-state index contributed by atoms with van der Waals surface area (Å²) in [7, 11) is -3.66. The molecule has 1 amide bonds. The van der Waals surface area contributed by atoms with Crippen LogP contribution in [0.4, 0.5) is 0 Å². The first-order chi connectivity index (χ1) is 10.9. The normalized spacial score (nSPS) is 16.7. The molecule has 0 aromatic heterocycles. The molecule has 0 unspecified atom stereocenters. The second kappa shape index (κ2) is 7.58. The summed E-state index contributed by atoms with van der Waals surface area (Å²) in [4.78, 5) is 12.4. The molecule has 0 radical (unpaired) electrons. The Hall–Kier alpha value is -1.90. The third-order valence-corrected chi connectivity index (χ3v) is 4.72. The van der Waals surface area contributed by atoms with Gasteiger partial charge in [-0.1, -0.05) is 24.8 Å². The van der Waals surface area contributed by atoms with Crippen molar-refractivity contribution in [2.75, 3.05) is 19.7 Å². The van der Waals surface area contributed by atoms with Crippen LogP contribution in [0.5, 0.6) is 5.75 Å². The summed E-state index contributed by atoms with van der Waals surface area (Å²) in [5.41, 5.74) is 0.447. The van der Waals surface area contributed by atoms with Crippen LogP contribution in [0.1, 0.15) is 23.2 Å². The van der Waals surface area contributed by atoms with Crippen molar-refractivity contribution in [1.82, 2.24) is 9.62 Å². The molecule has 1 aromatic carbocycles. The molecule has 3 N–H and O–H groups in total. The number of nitrogens with zero attached hydrogens (tertiary/aromatic N) is 1. The van der Waals surface area contributed by atoms with Crippen molar-refractivity contribution in [3.05, 3.63) is 42.5 Å². The first kappa shape index (κ1) is 17.5. The van der Waals surface area contributed by atoms with Gasteiger partial charge in [0.25, 0.3) is 16.1 Å². The number of amides is 1. The molecule has 0 bridgehead atoms. The molecular weight excluding hydrogens is 318 g/mol. The highest BCUT2D eigenvalue weighted by atomic mass is 32.2. The van der Waals surface area contributed by atoms with Gasteiger partial charge in [-0.15, -0.1) is 0 Å². The number of piperidine rings is 1. The fraction of sp³-hybridized carbons (Fsp3) is 0.400. The summed E-state index contributed by atoms with van der Waals surface area (Å²) >= 11 is 0. The summed E-state index contributed by atoms with van der Waals surface area (Å²) in [6.07, 6.45) is 2.66. The summed E-state index contributed by atoms with van der Waals surface area (Å²) in [5, 5.41) is 8.02. The molecule has 7 nitrogen and oxygen atoms in total. The average molecular weight is 339 g/mol. The smallest absolute Gasteiger partial charge is 0.276 e. The number of hydrogen-bond acceptors (Lipinski definition) is 4. The van der Waals surface area contributed by atoms with E-state index in [1.165, 1.54) is 4.31 Å². The van der Waals surface area contributed by atoms with Crippen LogP contribution < -0.4 is 15.2 Å². The number of para-hydroxylation sites is 1. The van der Waals surface area contributed by atoms with Crippen molar-refractivity contribution in [1.29, 1.82) is 0 Å². The number of carbonyl (C=O) groups excluding carboxylic acids is 1. The lowest BCUT2D eigenvalue weighted by Gasteiger charge is -2.30. The molecule has 1 aromatic rings. The SMILES string of the molecule is C=CCOc1ccccc1C(=O)NC1CCN(S(N)(=O)=O)CC1. The molecule has 1 heterocycles. The monoisotopic (exact) mass is 339 g/mol. The zero-order chi connectivity index (χ0) is 16.9. The number of nitrogens with one attached hydrogen (secondary N) is 1. The van der Waals surface area contributed by atoms with E-state index < -0.39 is 10.2 Å². The molecule has 0 atom stereocenters. The molecule has 1 saturated heterocycles. The molecule has 8 heteroatoms. The highest BCUT2D eigenvalue weighted by Gasteiger charge is 2.26. The van der Waals surface area contributed by atoms with Crippen LogP contribution >= 0.6 is 0 Å². The van der Waals surface area contributed by atoms with Crippen molar-refractivity contribution in [2.24, 2.45) is 5.14 Å². The lowest BCUT2D eigenvalue weighted by Crippen LogP contribution is -2.48. The molecule has 2 rings (SSSR count). The Kier molecular flexibility index (Phi) is 5.75. The molecule has 126 valence electrons. The number of rotatable bonds is 6. The average Bonchev–Trinajstić information content (AvgIpc) is 2.53. The van der Waals surface area contributed by atoms with Gasteiger partial charge in [-0.05, 0) is 25.0 Å². The third-order valence-electron chi connectivity index (χ3n) is 3.64. The lowest BCUT2D eigenvalue weighted by atomic mass is 10.1. The van der Waals surface area contributed by atoms with Crippen LogP contribution in [-0.4, -0.2) is 44.4 Å². The first-order valence-electron chi connectivity index (χ1n) is 7.33. The van der Waals surface area contributed by atoms with Gasteiger partial charge < -0.3 is 10.1 Å².